The molecule has 1 heterocycles. The first-order valence-corrected chi connectivity index (χ1v) is 24.1. The molecule has 0 aliphatic carbocycles. The van der Waals surface area contributed by atoms with Crippen LogP contribution in [-0.2, 0) is 0 Å². The summed E-state index contributed by atoms with van der Waals surface area (Å²) in [5.41, 5.74) is 14.6. The highest BCUT2D eigenvalue weighted by atomic mass is 16.3. The van der Waals surface area contributed by atoms with E-state index in [-0.39, 0.29) is 0 Å². The zero-order valence-corrected chi connectivity index (χ0v) is 38.2. The first-order valence-electron chi connectivity index (χ1n) is 24.1. The molecule has 0 unspecified atom stereocenters. The predicted molar refractivity (Wildman–Crippen MR) is 298 cm³/mol. The lowest BCUT2D eigenvalue weighted by atomic mass is 9.84. The fourth-order valence-electron chi connectivity index (χ4n) is 11.2. The highest BCUT2D eigenvalue weighted by Crippen LogP contribution is 2.47. The van der Waals surface area contributed by atoms with E-state index in [0.717, 1.165) is 66.6 Å². The van der Waals surface area contributed by atoms with Crippen LogP contribution in [0.5, 0.6) is 0 Å². The Morgan fingerprint density at radius 1 is 0.271 bits per heavy atom. The predicted octanol–water partition coefficient (Wildman–Crippen LogP) is 19.5. The number of nitrogens with zero attached hydrogens (tertiary/aromatic N) is 1. The summed E-state index contributed by atoms with van der Waals surface area (Å²) < 4.78 is 6.61. The van der Waals surface area contributed by atoms with Crippen molar-refractivity contribution in [3.8, 4) is 44.5 Å². The van der Waals surface area contributed by atoms with Crippen LogP contribution in [0.25, 0.3) is 120 Å². The number of hydrogen-bond acceptors (Lipinski definition) is 2. The molecule has 0 spiro atoms. The number of rotatable bonds is 7. The van der Waals surface area contributed by atoms with Crippen molar-refractivity contribution in [2.75, 3.05) is 4.90 Å². The van der Waals surface area contributed by atoms with Crippen molar-refractivity contribution in [2.45, 2.75) is 0 Å². The van der Waals surface area contributed by atoms with E-state index < -0.39 is 0 Å². The van der Waals surface area contributed by atoms with E-state index >= 15 is 0 Å². The molecule has 2 nitrogen and oxygen atoms in total. The fraction of sp³-hybridized carbons (Fsp3) is 0. The average molecular weight is 890 g/mol. The van der Waals surface area contributed by atoms with Crippen LogP contribution >= 0.6 is 0 Å². The highest BCUT2D eigenvalue weighted by molar-refractivity contribution is 6.23. The minimum absolute atomic E-state index is 0.892. The second-order valence-corrected chi connectivity index (χ2v) is 18.3. The Bertz CT molecular complexity index is 4340. The topological polar surface area (TPSA) is 16.4 Å². The van der Waals surface area contributed by atoms with E-state index in [1.807, 2.05) is 0 Å². The molecule has 0 saturated heterocycles. The first kappa shape index (κ1) is 39.9. The third kappa shape index (κ3) is 6.42. The van der Waals surface area contributed by atoms with Crippen molar-refractivity contribution in [1.29, 1.82) is 0 Å². The summed E-state index contributed by atoms with van der Waals surface area (Å²) in [5, 5.41) is 14.4. The summed E-state index contributed by atoms with van der Waals surface area (Å²) in [6, 6.07) is 95.1. The van der Waals surface area contributed by atoms with Crippen LogP contribution in [0.3, 0.4) is 0 Å². The van der Waals surface area contributed by atoms with Gasteiger partial charge in [-0.1, -0.05) is 212 Å². The van der Waals surface area contributed by atoms with Crippen molar-refractivity contribution >= 4 is 92.9 Å². The molecule has 1 aromatic heterocycles. The van der Waals surface area contributed by atoms with Crippen LogP contribution in [0.2, 0.25) is 0 Å². The molecule has 70 heavy (non-hydrogen) atoms. The smallest absolute Gasteiger partial charge is 0.143 e. The van der Waals surface area contributed by atoms with Crippen LogP contribution in [0.1, 0.15) is 0 Å². The molecule has 0 amide bonds. The number of benzene rings is 13. The molecule has 0 fully saturated rings. The van der Waals surface area contributed by atoms with Gasteiger partial charge in [0.05, 0.1) is 5.69 Å². The maximum Gasteiger partial charge on any atom is 0.143 e. The fourth-order valence-corrected chi connectivity index (χ4v) is 11.2. The van der Waals surface area contributed by atoms with E-state index in [1.165, 1.54) is 70.7 Å². The van der Waals surface area contributed by atoms with Crippen LogP contribution in [0.4, 0.5) is 17.1 Å². The van der Waals surface area contributed by atoms with Gasteiger partial charge in [-0.2, -0.15) is 0 Å². The Balaban J connectivity index is 0.954. The maximum atomic E-state index is 6.61. The largest absolute Gasteiger partial charge is 0.455 e. The third-order valence-corrected chi connectivity index (χ3v) is 14.4. The SMILES string of the molecule is c1ccc(-c2c(-c3ccccc3)c3cc(-c4cccc(N(c5ccc(-c6cccc7oc8c9ccccc9ccc8c67)cc5)c5cccc6c5ccc5ccccc56)c4)ccc3c3ccccc23)cc1. The van der Waals surface area contributed by atoms with E-state index in [9.17, 15) is 0 Å². The Kier molecular flexibility index (Phi) is 9.25. The summed E-state index contributed by atoms with van der Waals surface area (Å²) in [5.74, 6) is 0. The highest BCUT2D eigenvalue weighted by Gasteiger charge is 2.21. The van der Waals surface area contributed by atoms with Gasteiger partial charge in [-0.05, 0) is 136 Å². The second-order valence-electron chi connectivity index (χ2n) is 18.3. The lowest BCUT2D eigenvalue weighted by Gasteiger charge is -2.28. The molecule has 13 aromatic carbocycles. The number of hydrogen-bond donors (Lipinski definition) is 0. The van der Waals surface area contributed by atoms with Gasteiger partial charge < -0.3 is 9.32 Å². The van der Waals surface area contributed by atoms with Crippen molar-refractivity contribution in [1.82, 2.24) is 0 Å². The Morgan fingerprint density at radius 3 is 1.57 bits per heavy atom. The number of anilines is 3. The van der Waals surface area contributed by atoms with Gasteiger partial charge in [0.2, 0.25) is 0 Å². The molecular weight excluding hydrogens is 847 g/mol. The average Bonchev–Trinajstić information content (AvgIpc) is 3.83. The Hall–Kier alpha value is -9.24. The third-order valence-electron chi connectivity index (χ3n) is 14.4. The maximum absolute atomic E-state index is 6.61. The van der Waals surface area contributed by atoms with Crippen LogP contribution in [0.15, 0.2) is 265 Å². The van der Waals surface area contributed by atoms with E-state index in [4.69, 9.17) is 4.42 Å². The van der Waals surface area contributed by atoms with Crippen LogP contribution < -0.4 is 4.90 Å². The minimum atomic E-state index is 0.892. The van der Waals surface area contributed by atoms with E-state index in [1.54, 1.807) is 0 Å². The van der Waals surface area contributed by atoms with E-state index in [2.05, 4.69) is 266 Å². The molecule has 2 heteroatoms. The van der Waals surface area contributed by atoms with Crippen molar-refractivity contribution in [2.24, 2.45) is 0 Å². The second kappa shape index (κ2) is 16.2. The molecule has 0 bridgehead atoms. The monoisotopic (exact) mass is 889 g/mol. The molecular formula is C68H43NO. The molecule has 326 valence electrons. The summed E-state index contributed by atoms with van der Waals surface area (Å²) >= 11 is 0. The van der Waals surface area contributed by atoms with Crippen molar-refractivity contribution in [3.05, 3.63) is 261 Å². The minimum Gasteiger partial charge on any atom is -0.455 e. The standard InChI is InChI=1S/C68H43NO/c1-3-18-47(19-4-1)65-60-27-12-11-26-57(60)58-39-36-50(43-62(58)66(65)48-20-5-2-6-21-48)49-22-13-23-52(42-49)69(63-30-14-29-56-53-24-9-7-16-44(53)34-40-59(56)63)51-37-32-46(33-38-51)54-28-15-31-64-67(54)61-41-35-45-17-8-10-25-55(45)68(61)70-64/h1-43H. The quantitative estimate of drug-likeness (QED) is 0.148. The zero-order chi connectivity index (χ0) is 46.1. The van der Waals surface area contributed by atoms with Gasteiger partial charge in [-0.15, -0.1) is 0 Å². The normalized spacial score (nSPS) is 11.7. The molecule has 14 aromatic rings. The van der Waals surface area contributed by atoms with Gasteiger partial charge in [0.25, 0.3) is 0 Å². The number of furan rings is 1. The first-order chi connectivity index (χ1) is 34.7. The lowest BCUT2D eigenvalue weighted by Crippen LogP contribution is -2.10. The molecule has 0 N–H and O–H groups in total. The van der Waals surface area contributed by atoms with Crippen LogP contribution in [-0.4, -0.2) is 0 Å². The van der Waals surface area contributed by atoms with Crippen molar-refractivity contribution in [3.63, 3.8) is 0 Å². The summed E-state index contributed by atoms with van der Waals surface area (Å²) in [6.45, 7) is 0. The Labute approximate surface area is 405 Å². The molecule has 0 radical (unpaired) electrons. The molecule has 0 saturated carbocycles. The van der Waals surface area contributed by atoms with Gasteiger partial charge in [-0.3, -0.25) is 0 Å². The molecule has 14 rings (SSSR count). The van der Waals surface area contributed by atoms with Gasteiger partial charge >= 0.3 is 0 Å². The molecule has 0 aliphatic rings. The van der Waals surface area contributed by atoms with Crippen molar-refractivity contribution < 1.29 is 4.42 Å². The lowest BCUT2D eigenvalue weighted by molar-refractivity contribution is 0.673. The zero-order valence-electron chi connectivity index (χ0n) is 38.2. The number of fused-ring (bicyclic) bond motifs is 11. The van der Waals surface area contributed by atoms with Gasteiger partial charge in [0.15, 0.2) is 0 Å². The summed E-state index contributed by atoms with van der Waals surface area (Å²) in [4.78, 5) is 2.43. The summed E-state index contributed by atoms with van der Waals surface area (Å²) in [6.07, 6.45) is 0. The molecule has 0 aliphatic heterocycles. The Morgan fingerprint density at radius 2 is 0.800 bits per heavy atom. The van der Waals surface area contributed by atoms with Gasteiger partial charge in [0.1, 0.15) is 11.2 Å². The van der Waals surface area contributed by atoms with Gasteiger partial charge in [0, 0.05) is 32.9 Å². The van der Waals surface area contributed by atoms with Crippen LogP contribution in [0, 0.1) is 0 Å². The van der Waals surface area contributed by atoms with E-state index in [0.29, 0.717) is 0 Å². The van der Waals surface area contributed by atoms with Gasteiger partial charge in [-0.25, -0.2) is 0 Å². The molecule has 0 atom stereocenters. The summed E-state index contributed by atoms with van der Waals surface area (Å²) in [7, 11) is 0.